The molecule has 0 aliphatic heterocycles. The summed E-state index contributed by atoms with van der Waals surface area (Å²) in [6.45, 7) is 11.0. The molecule has 0 aliphatic carbocycles. The maximum atomic E-state index is 8.43. The van der Waals surface area contributed by atoms with Gasteiger partial charge in [0.15, 0.2) is 0 Å². The van der Waals surface area contributed by atoms with Crippen LogP contribution in [-0.4, -0.2) is 23.4 Å². The van der Waals surface area contributed by atoms with Gasteiger partial charge >= 0.3 is 0 Å². The van der Waals surface area contributed by atoms with Crippen LogP contribution in [0.5, 0.6) is 0 Å². The third-order valence-electron chi connectivity index (χ3n) is 1.21. The van der Waals surface area contributed by atoms with Crippen LogP contribution in [0.3, 0.4) is 0 Å². The van der Waals surface area contributed by atoms with Crippen molar-refractivity contribution in [2.75, 3.05) is 13.2 Å². The second-order valence-electron chi connectivity index (χ2n) is 3.66. The Balaban J connectivity index is 0. The van der Waals surface area contributed by atoms with Gasteiger partial charge in [0.05, 0.1) is 13.2 Å². The molecule has 0 atom stereocenters. The third-order valence-corrected chi connectivity index (χ3v) is 1.21. The second kappa shape index (κ2) is 7.11. The average molecular weight is 172 g/mol. The van der Waals surface area contributed by atoms with Crippen molar-refractivity contribution in [2.45, 2.75) is 27.7 Å². The Morgan fingerprint density at radius 2 is 1.50 bits per heavy atom. The number of aliphatic hydroxyl groups excluding tert-OH is 2. The summed E-state index contributed by atoms with van der Waals surface area (Å²) in [4.78, 5) is 0. The molecule has 0 heterocycles. The van der Waals surface area contributed by atoms with Crippen molar-refractivity contribution >= 4 is 0 Å². The molecule has 12 heavy (non-hydrogen) atoms. The molecule has 0 unspecified atom stereocenters. The molecule has 2 nitrogen and oxygen atoms in total. The lowest BCUT2D eigenvalue weighted by Gasteiger charge is -2.16. The first-order valence-corrected chi connectivity index (χ1v) is 3.94. The Morgan fingerprint density at radius 1 is 1.25 bits per heavy atom. The van der Waals surface area contributed by atoms with Gasteiger partial charge in [-0.1, -0.05) is 20.4 Å². The number of hydrogen-bond acceptors (Lipinski definition) is 2. The summed E-state index contributed by atoms with van der Waals surface area (Å²) in [5, 5.41) is 16.9. The highest BCUT2D eigenvalue weighted by atomic mass is 16.3. The lowest BCUT2D eigenvalue weighted by atomic mass is 9.97. The van der Waals surface area contributed by atoms with Crippen molar-refractivity contribution in [1.82, 2.24) is 0 Å². The zero-order chi connectivity index (χ0) is 10.2. The fraction of sp³-hybridized carbons (Fsp3) is 0.700. The van der Waals surface area contributed by atoms with E-state index in [0.717, 1.165) is 5.57 Å². The summed E-state index contributed by atoms with van der Waals surface area (Å²) in [5.74, 6) is 0. The fourth-order valence-electron chi connectivity index (χ4n) is 0.0500. The van der Waals surface area contributed by atoms with Crippen LogP contribution >= 0.6 is 0 Å². The Labute approximate surface area is 75.2 Å². The van der Waals surface area contributed by atoms with Gasteiger partial charge in [0, 0.05) is 5.41 Å². The first-order valence-electron chi connectivity index (χ1n) is 3.94. The highest BCUT2D eigenvalue weighted by Gasteiger charge is 2.13. The predicted molar refractivity (Wildman–Crippen MR) is 52.0 cm³/mol. The topological polar surface area (TPSA) is 40.5 Å². The van der Waals surface area contributed by atoms with E-state index >= 15 is 0 Å². The molecule has 72 valence electrons. The zero-order valence-corrected chi connectivity index (χ0v) is 8.52. The first kappa shape index (κ1) is 14.0. The summed E-state index contributed by atoms with van der Waals surface area (Å²) in [7, 11) is 0. The second-order valence-corrected chi connectivity index (χ2v) is 3.66. The molecule has 0 fully saturated rings. The number of allylic oxidation sites excluding steroid dienone is 1. The minimum atomic E-state index is -0.306. The van der Waals surface area contributed by atoms with Crippen LogP contribution in [0.15, 0.2) is 17.9 Å². The summed E-state index contributed by atoms with van der Waals surface area (Å²) in [5.41, 5.74) is 3.53. The molecular weight excluding hydrogens is 152 g/mol. The zero-order valence-electron chi connectivity index (χ0n) is 8.52. The van der Waals surface area contributed by atoms with Crippen LogP contribution in [0.2, 0.25) is 0 Å². The van der Waals surface area contributed by atoms with E-state index in [4.69, 9.17) is 10.2 Å². The van der Waals surface area contributed by atoms with E-state index in [2.05, 4.69) is 12.3 Å². The van der Waals surface area contributed by atoms with Gasteiger partial charge in [0.2, 0.25) is 0 Å². The highest BCUT2D eigenvalue weighted by molar-refractivity contribution is 4.87. The van der Waals surface area contributed by atoms with Crippen molar-refractivity contribution in [3.63, 3.8) is 0 Å². The van der Waals surface area contributed by atoms with Crippen molar-refractivity contribution in [3.8, 4) is 0 Å². The molecule has 0 aromatic carbocycles. The smallest absolute Gasteiger partial charge is 0.0504 e. The summed E-state index contributed by atoms with van der Waals surface area (Å²) in [6, 6.07) is 0. The monoisotopic (exact) mass is 172 g/mol. The molecule has 0 saturated heterocycles. The quantitative estimate of drug-likeness (QED) is 0.623. The number of rotatable bonds is 2. The molecule has 0 bridgehead atoms. The van der Waals surface area contributed by atoms with Gasteiger partial charge in [-0.15, -0.1) is 5.73 Å². The Morgan fingerprint density at radius 3 is 1.50 bits per heavy atom. The molecule has 0 rings (SSSR count). The molecule has 2 N–H and O–H groups in total. The fourth-order valence-corrected chi connectivity index (χ4v) is 0.0500. The highest BCUT2D eigenvalue weighted by Crippen LogP contribution is 2.10. The summed E-state index contributed by atoms with van der Waals surface area (Å²) >= 11 is 0. The number of aliphatic hydroxyl groups is 2. The minimum absolute atomic E-state index is 0.0451. The Bertz CT molecular complexity index is 143. The Kier molecular flexibility index (Phi) is 8.29. The molecule has 0 aromatic heterocycles. The van der Waals surface area contributed by atoms with E-state index in [0.29, 0.717) is 0 Å². The van der Waals surface area contributed by atoms with Gasteiger partial charge in [0.1, 0.15) is 0 Å². The Hall–Kier alpha value is -0.560. The van der Waals surface area contributed by atoms with E-state index in [9.17, 15) is 0 Å². The molecule has 2 heteroatoms. The maximum Gasteiger partial charge on any atom is 0.0504 e. The van der Waals surface area contributed by atoms with E-state index in [1.54, 1.807) is 13.8 Å². The molecule has 0 aliphatic rings. The lowest BCUT2D eigenvalue weighted by Crippen LogP contribution is -2.20. The molecule has 0 radical (unpaired) electrons. The standard InChI is InChI=1S/C5H12O2.C5H8/c1-5(2,3-6)4-7;1-4-5(2)3/h6-7H,3-4H2,1-2H3;1H2,2-3H3. The van der Waals surface area contributed by atoms with Crippen LogP contribution in [0.1, 0.15) is 27.7 Å². The van der Waals surface area contributed by atoms with Gasteiger partial charge in [-0.25, -0.2) is 0 Å². The van der Waals surface area contributed by atoms with Crippen LogP contribution in [-0.2, 0) is 0 Å². The molecule has 0 amide bonds. The van der Waals surface area contributed by atoms with Gasteiger partial charge in [-0.3, -0.25) is 0 Å². The van der Waals surface area contributed by atoms with Crippen molar-refractivity contribution < 1.29 is 10.2 Å². The van der Waals surface area contributed by atoms with Gasteiger partial charge in [-0.05, 0) is 19.4 Å². The van der Waals surface area contributed by atoms with Crippen LogP contribution in [0.25, 0.3) is 0 Å². The van der Waals surface area contributed by atoms with E-state index in [-0.39, 0.29) is 18.6 Å². The molecular formula is C10H20O2. The first-order chi connectivity index (χ1) is 5.39. The minimum Gasteiger partial charge on any atom is -0.396 e. The number of hydrogen-bond donors (Lipinski definition) is 2. The SMILES string of the molecule is C=C=C(C)C.CC(C)(CO)CO. The van der Waals surface area contributed by atoms with Crippen molar-refractivity contribution in [2.24, 2.45) is 5.41 Å². The lowest BCUT2D eigenvalue weighted by molar-refractivity contribution is 0.0857. The summed E-state index contributed by atoms with van der Waals surface area (Å²) in [6.07, 6.45) is 0. The largest absolute Gasteiger partial charge is 0.396 e. The van der Waals surface area contributed by atoms with Gasteiger partial charge in [0.25, 0.3) is 0 Å². The van der Waals surface area contributed by atoms with E-state index in [1.165, 1.54) is 0 Å². The molecule has 0 saturated carbocycles. The predicted octanol–water partition coefficient (Wildman–Crippen LogP) is 1.73. The average Bonchev–Trinajstić information content (AvgIpc) is 2.05. The van der Waals surface area contributed by atoms with Crippen molar-refractivity contribution in [3.05, 3.63) is 17.9 Å². The normalized spacial score (nSPS) is 9.50. The van der Waals surface area contributed by atoms with Crippen LogP contribution < -0.4 is 0 Å². The van der Waals surface area contributed by atoms with Crippen LogP contribution in [0, 0.1) is 5.41 Å². The van der Waals surface area contributed by atoms with E-state index < -0.39 is 0 Å². The maximum absolute atomic E-state index is 8.43. The molecule has 0 aromatic rings. The van der Waals surface area contributed by atoms with E-state index in [1.807, 2.05) is 13.8 Å². The van der Waals surface area contributed by atoms with Gasteiger partial charge in [-0.2, -0.15) is 0 Å². The molecule has 0 spiro atoms. The van der Waals surface area contributed by atoms with Gasteiger partial charge < -0.3 is 10.2 Å². The van der Waals surface area contributed by atoms with Crippen LogP contribution in [0.4, 0.5) is 0 Å². The third kappa shape index (κ3) is 12.1. The van der Waals surface area contributed by atoms with Crippen molar-refractivity contribution in [1.29, 1.82) is 0 Å². The summed E-state index contributed by atoms with van der Waals surface area (Å²) < 4.78 is 0.